The van der Waals surface area contributed by atoms with Crippen molar-refractivity contribution in [2.24, 2.45) is 0 Å². The average molecular weight is 350 g/mol. The summed E-state index contributed by atoms with van der Waals surface area (Å²) in [6, 6.07) is 7.32. The van der Waals surface area contributed by atoms with Gasteiger partial charge in [-0.2, -0.15) is 0 Å². The van der Waals surface area contributed by atoms with Crippen LogP contribution in [0.15, 0.2) is 36.5 Å². The molecule has 0 amide bonds. The number of carbonyl (C=O) groups is 1. The number of carbonyl (C=O) groups excluding carboxylic acids is 1. The monoisotopic (exact) mass is 349 g/mol. The molecule has 0 N–H and O–H groups in total. The number of ether oxygens (including phenoxy) is 3. The van der Waals surface area contributed by atoms with Crippen molar-refractivity contribution in [2.75, 3.05) is 6.61 Å². The van der Waals surface area contributed by atoms with Gasteiger partial charge >= 0.3 is 5.97 Å². The molecule has 0 spiro atoms. The van der Waals surface area contributed by atoms with Gasteiger partial charge in [-0.25, -0.2) is 14.2 Å². The first-order chi connectivity index (χ1) is 11.5. The highest BCUT2D eigenvalue weighted by molar-refractivity contribution is 6.30. The van der Waals surface area contributed by atoms with Gasteiger partial charge in [0.05, 0.1) is 5.02 Å². The first kappa shape index (κ1) is 17.6. The molecule has 0 unspecified atom stereocenters. The van der Waals surface area contributed by atoms with Gasteiger partial charge in [-0.3, -0.25) is 0 Å². The highest BCUT2D eigenvalue weighted by atomic mass is 35.5. The average Bonchev–Trinajstić information content (AvgIpc) is 2.56. The molecule has 2 aromatic rings. The summed E-state index contributed by atoms with van der Waals surface area (Å²) in [4.78, 5) is 15.3. The summed E-state index contributed by atoms with van der Waals surface area (Å²) in [6.07, 6.45) is 5.47. The largest absolute Gasteiger partial charge is 0.479 e. The van der Waals surface area contributed by atoms with E-state index in [1.165, 1.54) is 13.1 Å². The molecule has 0 bridgehead atoms. The van der Waals surface area contributed by atoms with Crippen molar-refractivity contribution in [1.82, 2.24) is 4.98 Å². The zero-order valence-electron chi connectivity index (χ0n) is 12.7. The molecule has 2 rings (SSSR count). The molecule has 0 fully saturated rings. The van der Waals surface area contributed by atoms with Gasteiger partial charge in [-0.1, -0.05) is 17.5 Å². The van der Waals surface area contributed by atoms with E-state index >= 15 is 0 Å². The molecule has 24 heavy (non-hydrogen) atoms. The highest BCUT2D eigenvalue weighted by Crippen LogP contribution is 2.26. The van der Waals surface area contributed by atoms with E-state index in [-0.39, 0.29) is 17.5 Å². The fourth-order valence-electron chi connectivity index (χ4n) is 1.66. The van der Waals surface area contributed by atoms with Gasteiger partial charge in [0, 0.05) is 6.20 Å². The third-order valence-corrected chi connectivity index (χ3v) is 2.96. The molecular formula is C17H13ClFNO4. The number of terminal acetylenes is 1. The van der Waals surface area contributed by atoms with Crippen LogP contribution in [0.3, 0.4) is 0 Å². The number of halogens is 2. The van der Waals surface area contributed by atoms with Crippen LogP contribution in [0.2, 0.25) is 5.02 Å². The molecule has 0 aliphatic carbocycles. The number of hydrogen-bond donors (Lipinski definition) is 0. The zero-order chi connectivity index (χ0) is 17.5. The van der Waals surface area contributed by atoms with Gasteiger partial charge in [0.25, 0.3) is 5.88 Å². The molecule has 0 radical (unpaired) electrons. The lowest BCUT2D eigenvalue weighted by Gasteiger charge is -2.13. The van der Waals surface area contributed by atoms with Gasteiger partial charge in [0.15, 0.2) is 18.5 Å². The fraction of sp³-hybridized carbons (Fsp3) is 0.176. The Morgan fingerprint density at radius 1 is 1.38 bits per heavy atom. The summed E-state index contributed by atoms with van der Waals surface area (Å²) >= 11 is 5.62. The first-order valence-corrected chi connectivity index (χ1v) is 7.23. The second kappa shape index (κ2) is 8.18. The SMILES string of the molecule is C#CCOC(=O)[C@H](C)Oc1ccc(Oc2ncc(Cl)cc2F)cc1. The maximum absolute atomic E-state index is 13.6. The molecule has 124 valence electrons. The van der Waals surface area contributed by atoms with E-state index in [9.17, 15) is 9.18 Å². The Kier molecular flexibility index (Phi) is 5.99. The highest BCUT2D eigenvalue weighted by Gasteiger charge is 2.16. The van der Waals surface area contributed by atoms with E-state index in [2.05, 4.69) is 10.9 Å². The molecule has 5 nitrogen and oxygen atoms in total. The van der Waals surface area contributed by atoms with E-state index in [1.54, 1.807) is 24.3 Å². The summed E-state index contributed by atoms with van der Waals surface area (Å²) in [5.41, 5.74) is 0. The van der Waals surface area contributed by atoms with E-state index in [1.807, 2.05) is 0 Å². The lowest BCUT2D eigenvalue weighted by Crippen LogP contribution is -2.26. The Balaban J connectivity index is 1.98. The van der Waals surface area contributed by atoms with Gasteiger partial charge in [-0.15, -0.1) is 6.42 Å². The minimum Gasteiger partial charge on any atom is -0.479 e. The summed E-state index contributed by atoms with van der Waals surface area (Å²) in [7, 11) is 0. The van der Waals surface area contributed by atoms with E-state index in [0.29, 0.717) is 11.5 Å². The van der Waals surface area contributed by atoms with Gasteiger partial charge in [0.2, 0.25) is 0 Å². The van der Waals surface area contributed by atoms with Gasteiger partial charge < -0.3 is 14.2 Å². The summed E-state index contributed by atoms with van der Waals surface area (Å²) in [5.74, 6) is 1.52. The van der Waals surface area contributed by atoms with E-state index < -0.39 is 17.9 Å². The normalized spacial score (nSPS) is 11.2. The van der Waals surface area contributed by atoms with Crippen LogP contribution in [0.1, 0.15) is 6.92 Å². The molecule has 0 saturated carbocycles. The van der Waals surface area contributed by atoms with Crippen molar-refractivity contribution >= 4 is 17.6 Å². The van der Waals surface area contributed by atoms with Crippen LogP contribution >= 0.6 is 11.6 Å². The molecule has 0 saturated heterocycles. The molecule has 1 atom stereocenters. The van der Waals surface area contributed by atoms with Crippen molar-refractivity contribution in [1.29, 1.82) is 0 Å². The standard InChI is InChI=1S/C17H13ClFNO4/c1-3-8-22-17(21)11(2)23-13-4-6-14(7-5-13)24-16-15(19)9-12(18)10-20-16/h1,4-7,9-11H,8H2,2H3/t11-/m0/s1. The molecular weight excluding hydrogens is 337 g/mol. The Morgan fingerprint density at radius 3 is 2.67 bits per heavy atom. The van der Waals surface area contributed by atoms with Crippen LogP contribution in [0, 0.1) is 18.2 Å². The summed E-state index contributed by atoms with van der Waals surface area (Å²) in [5, 5.41) is 0.175. The summed E-state index contributed by atoms with van der Waals surface area (Å²) < 4.78 is 29.1. The second-order valence-corrected chi connectivity index (χ2v) is 5.02. The Hall–Kier alpha value is -2.78. The molecule has 0 aliphatic heterocycles. The fourth-order valence-corrected chi connectivity index (χ4v) is 1.80. The maximum atomic E-state index is 13.6. The number of esters is 1. The third-order valence-electron chi connectivity index (χ3n) is 2.75. The van der Waals surface area contributed by atoms with Crippen LogP contribution in [-0.4, -0.2) is 23.7 Å². The lowest BCUT2D eigenvalue weighted by molar-refractivity contribution is -0.149. The molecule has 0 aliphatic rings. The number of aromatic nitrogens is 1. The van der Waals surface area contributed by atoms with E-state index in [0.717, 1.165) is 6.07 Å². The molecule has 1 aromatic heterocycles. The predicted octanol–water partition coefficient (Wildman–Crippen LogP) is 3.61. The van der Waals surface area contributed by atoms with Crippen LogP contribution in [-0.2, 0) is 9.53 Å². The number of hydrogen-bond acceptors (Lipinski definition) is 5. The van der Waals surface area contributed by atoms with Crippen LogP contribution in [0.5, 0.6) is 17.4 Å². The van der Waals surface area contributed by atoms with Crippen LogP contribution < -0.4 is 9.47 Å². The Bertz CT molecular complexity index is 758. The summed E-state index contributed by atoms with van der Waals surface area (Å²) in [6.45, 7) is 1.43. The predicted molar refractivity (Wildman–Crippen MR) is 85.6 cm³/mol. The van der Waals surface area contributed by atoms with Crippen molar-refractivity contribution < 1.29 is 23.4 Å². The number of rotatable bonds is 6. The lowest BCUT2D eigenvalue weighted by atomic mass is 10.3. The first-order valence-electron chi connectivity index (χ1n) is 6.85. The third kappa shape index (κ3) is 4.86. The molecule has 1 heterocycles. The van der Waals surface area contributed by atoms with Gasteiger partial charge in [0.1, 0.15) is 11.5 Å². The minimum absolute atomic E-state index is 0.112. The van der Waals surface area contributed by atoms with Crippen LogP contribution in [0.4, 0.5) is 4.39 Å². The smallest absolute Gasteiger partial charge is 0.347 e. The Morgan fingerprint density at radius 2 is 2.04 bits per heavy atom. The maximum Gasteiger partial charge on any atom is 0.347 e. The number of nitrogens with zero attached hydrogens (tertiary/aromatic N) is 1. The van der Waals surface area contributed by atoms with Gasteiger partial charge in [-0.05, 0) is 37.3 Å². The van der Waals surface area contributed by atoms with Crippen molar-refractivity contribution in [3.8, 4) is 29.7 Å². The molecule has 7 heteroatoms. The van der Waals surface area contributed by atoms with E-state index in [4.69, 9.17) is 32.2 Å². The number of benzene rings is 1. The van der Waals surface area contributed by atoms with Crippen molar-refractivity contribution in [3.63, 3.8) is 0 Å². The number of pyridine rings is 1. The molecule has 1 aromatic carbocycles. The Labute approximate surface area is 143 Å². The zero-order valence-corrected chi connectivity index (χ0v) is 13.4. The minimum atomic E-state index is -0.819. The van der Waals surface area contributed by atoms with Crippen molar-refractivity contribution in [3.05, 3.63) is 47.4 Å². The van der Waals surface area contributed by atoms with Crippen molar-refractivity contribution in [2.45, 2.75) is 13.0 Å². The quantitative estimate of drug-likeness (QED) is 0.589. The van der Waals surface area contributed by atoms with Crippen LogP contribution in [0.25, 0.3) is 0 Å². The second-order valence-electron chi connectivity index (χ2n) is 4.59. The topological polar surface area (TPSA) is 57.7 Å².